The van der Waals surface area contributed by atoms with Crippen LogP contribution in [-0.2, 0) is 12.8 Å². The molecule has 0 unspecified atom stereocenters. The predicted molar refractivity (Wildman–Crippen MR) is 82.8 cm³/mol. The molecule has 106 valence electrons. The molecule has 1 aromatic carbocycles. The summed E-state index contributed by atoms with van der Waals surface area (Å²) in [5, 5.41) is 9.52. The van der Waals surface area contributed by atoms with Gasteiger partial charge in [0.25, 0.3) is 0 Å². The van der Waals surface area contributed by atoms with Gasteiger partial charge in [-0.2, -0.15) is 5.26 Å². The molecule has 22 heavy (non-hydrogen) atoms. The first-order chi connectivity index (χ1) is 10.8. The summed E-state index contributed by atoms with van der Waals surface area (Å²) in [6, 6.07) is 8.11. The van der Waals surface area contributed by atoms with Crippen molar-refractivity contribution in [2.75, 3.05) is 0 Å². The SMILES string of the molecule is N#Cc1cc2c(c(C=O)c1-c1ccn3cncc3c1)CCC2. The fraction of sp³-hybridized carbons (Fsp3) is 0.167. The summed E-state index contributed by atoms with van der Waals surface area (Å²) in [5.74, 6) is 0. The molecule has 0 fully saturated rings. The summed E-state index contributed by atoms with van der Waals surface area (Å²) >= 11 is 0. The lowest BCUT2D eigenvalue weighted by Gasteiger charge is -2.13. The highest BCUT2D eigenvalue weighted by molar-refractivity contribution is 5.93. The second-order valence-corrected chi connectivity index (χ2v) is 5.57. The van der Waals surface area contributed by atoms with Crippen molar-refractivity contribution in [3.8, 4) is 17.2 Å². The van der Waals surface area contributed by atoms with Gasteiger partial charge >= 0.3 is 0 Å². The van der Waals surface area contributed by atoms with Crippen molar-refractivity contribution in [1.29, 1.82) is 5.26 Å². The van der Waals surface area contributed by atoms with E-state index in [9.17, 15) is 10.1 Å². The fourth-order valence-electron chi connectivity index (χ4n) is 3.38. The standard InChI is InChI=1S/C18H13N3O/c19-8-14-6-12-2-1-3-16(12)17(10-22)18(14)13-4-5-21-11-20-9-15(21)7-13/h4-7,9-11H,1-3H2. The Labute approximate surface area is 127 Å². The van der Waals surface area contributed by atoms with Gasteiger partial charge in [0.05, 0.1) is 29.7 Å². The van der Waals surface area contributed by atoms with Crippen LogP contribution in [0.25, 0.3) is 16.6 Å². The number of fused-ring (bicyclic) bond motifs is 2. The summed E-state index contributed by atoms with van der Waals surface area (Å²) in [6.07, 6.45) is 9.22. The lowest BCUT2D eigenvalue weighted by atomic mass is 9.90. The predicted octanol–water partition coefficient (Wildman–Crippen LogP) is 3.17. The van der Waals surface area contributed by atoms with E-state index in [1.807, 2.05) is 28.8 Å². The van der Waals surface area contributed by atoms with Gasteiger partial charge in [-0.3, -0.25) is 4.79 Å². The van der Waals surface area contributed by atoms with Crippen LogP contribution in [-0.4, -0.2) is 15.7 Å². The topological polar surface area (TPSA) is 58.2 Å². The Balaban J connectivity index is 2.04. The Morgan fingerprint density at radius 1 is 1.32 bits per heavy atom. The van der Waals surface area contributed by atoms with E-state index in [0.29, 0.717) is 11.1 Å². The van der Waals surface area contributed by atoms with Crippen LogP contribution in [0.15, 0.2) is 36.9 Å². The van der Waals surface area contributed by atoms with Gasteiger partial charge in [-0.25, -0.2) is 4.98 Å². The molecule has 0 aliphatic heterocycles. The number of aldehydes is 1. The summed E-state index contributed by atoms with van der Waals surface area (Å²) in [5.41, 5.74) is 6.09. The van der Waals surface area contributed by atoms with Gasteiger partial charge in [-0.1, -0.05) is 0 Å². The Bertz CT molecular complexity index is 947. The highest BCUT2D eigenvalue weighted by atomic mass is 16.1. The van der Waals surface area contributed by atoms with Crippen molar-refractivity contribution in [3.05, 3.63) is 59.2 Å². The molecule has 0 spiro atoms. The number of benzene rings is 1. The van der Waals surface area contributed by atoms with Gasteiger partial charge in [-0.05, 0) is 54.2 Å². The number of rotatable bonds is 2. The Hall–Kier alpha value is -2.93. The molecule has 4 heteroatoms. The molecule has 4 nitrogen and oxygen atoms in total. The Morgan fingerprint density at radius 3 is 3.05 bits per heavy atom. The van der Waals surface area contributed by atoms with Crippen LogP contribution >= 0.6 is 0 Å². The Morgan fingerprint density at radius 2 is 2.23 bits per heavy atom. The van der Waals surface area contributed by atoms with Crippen molar-refractivity contribution in [1.82, 2.24) is 9.38 Å². The maximum Gasteiger partial charge on any atom is 0.151 e. The van der Waals surface area contributed by atoms with Crippen LogP contribution in [0.3, 0.4) is 0 Å². The van der Waals surface area contributed by atoms with E-state index in [1.54, 1.807) is 12.5 Å². The molecule has 0 N–H and O–H groups in total. The molecule has 0 atom stereocenters. The third kappa shape index (κ3) is 1.76. The van der Waals surface area contributed by atoms with Crippen LogP contribution in [0.5, 0.6) is 0 Å². The summed E-state index contributed by atoms with van der Waals surface area (Å²) in [6.45, 7) is 0. The zero-order valence-electron chi connectivity index (χ0n) is 11.9. The monoisotopic (exact) mass is 287 g/mol. The molecule has 4 rings (SSSR count). The van der Waals surface area contributed by atoms with Crippen LogP contribution in [0.4, 0.5) is 0 Å². The van der Waals surface area contributed by atoms with E-state index in [4.69, 9.17) is 0 Å². The van der Waals surface area contributed by atoms with Crippen molar-refractivity contribution in [2.24, 2.45) is 0 Å². The first-order valence-corrected chi connectivity index (χ1v) is 7.28. The summed E-state index contributed by atoms with van der Waals surface area (Å²) in [7, 11) is 0. The van der Waals surface area contributed by atoms with Gasteiger partial charge in [0.15, 0.2) is 6.29 Å². The number of aryl methyl sites for hydroxylation is 1. The van der Waals surface area contributed by atoms with E-state index in [-0.39, 0.29) is 0 Å². The smallest absolute Gasteiger partial charge is 0.151 e. The van der Waals surface area contributed by atoms with Crippen LogP contribution in [0.1, 0.15) is 33.5 Å². The van der Waals surface area contributed by atoms with E-state index < -0.39 is 0 Å². The summed E-state index contributed by atoms with van der Waals surface area (Å²) in [4.78, 5) is 15.8. The highest BCUT2D eigenvalue weighted by Gasteiger charge is 2.22. The number of hydrogen-bond acceptors (Lipinski definition) is 3. The molecular weight excluding hydrogens is 274 g/mol. The third-order valence-corrected chi connectivity index (χ3v) is 4.38. The van der Waals surface area contributed by atoms with Gasteiger partial charge in [0.2, 0.25) is 0 Å². The first kappa shape index (κ1) is 12.8. The van der Waals surface area contributed by atoms with Crippen molar-refractivity contribution >= 4 is 11.8 Å². The average Bonchev–Trinajstić information content (AvgIpc) is 3.20. The Kier molecular flexibility index (Phi) is 2.80. The second kappa shape index (κ2) is 4.81. The lowest BCUT2D eigenvalue weighted by molar-refractivity contribution is 0.112. The largest absolute Gasteiger partial charge is 0.306 e. The molecule has 2 aromatic heterocycles. The molecule has 2 heterocycles. The van der Waals surface area contributed by atoms with Gasteiger partial charge in [-0.15, -0.1) is 0 Å². The van der Waals surface area contributed by atoms with E-state index >= 15 is 0 Å². The summed E-state index contributed by atoms with van der Waals surface area (Å²) < 4.78 is 1.91. The van der Waals surface area contributed by atoms with Gasteiger partial charge in [0.1, 0.15) is 0 Å². The minimum Gasteiger partial charge on any atom is -0.306 e. The zero-order chi connectivity index (χ0) is 15.1. The van der Waals surface area contributed by atoms with Crippen LogP contribution in [0.2, 0.25) is 0 Å². The molecule has 1 aliphatic carbocycles. The molecule has 0 radical (unpaired) electrons. The van der Waals surface area contributed by atoms with Crippen molar-refractivity contribution in [3.63, 3.8) is 0 Å². The fourth-order valence-corrected chi connectivity index (χ4v) is 3.38. The molecule has 0 amide bonds. The molecule has 3 aromatic rings. The van der Waals surface area contributed by atoms with Crippen molar-refractivity contribution in [2.45, 2.75) is 19.3 Å². The van der Waals surface area contributed by atoms with Crippen molar-refractivity contribution < 1.29 is 4.79 Å². The number of nitriles is 1. The maximum absolute atomic E-state index is 11.7. The van der Waals surface area contributed by atoms with E-state index in [1.165, 1.54) is 0 Å². The van der Waals surface area contributed by atoms with E-state index in [2.05, 4.69) is 11.1 Å². The normalized spacial score (nSPS) is 13.0. The van der Waals surface area contributed by atoms with Gasteiger partial charge < -0.3 is 4.40 Å². The number of aromatic nitrogens is 2. The third-order valence-electron chi connectivity index (χ3n) is 4.38. The van der Waals surface area contributed by atoms with Crippen LogP contribution in [0, 0.1) is 11.3 Å². The van der Waals surface area contributed by atoms with E-state index in [0.717, 1.165) is 53.3 Å². The number of pyridine rings is 1. The second-order valence-electron chi connectivity index (χ2n) is 5.57. The maximum atomic E-state index is 11.7. The molecule has 1 aliphatic rings. The minimum absolute atomic E-state index is 0.576. The molecule has 0 saturated heterocycles. The number of hydrogen-bond donors (Lipinski definition) is 0. The number of nitrogens with zero attached hydrogens (tertiary/aromatic N) is 3. The zero-order valence-corrected chi connectivity index (χ0v) is 11.9. The lowest BCUT2D eigenvalue weighted by Crippen LogP contribution is -2.00. The molecule has 0 saturated carbocycles. The highest BCUT2D eigenvalue weighted by Crippen LogP contribution is 2.35. The molecular formula is C18H13N3O. The number of carbonyl (C=O) groups excluding carboxylic acids is 1. The quantitative estimate of drug-likeness (QED) is 0.680. The molecule has 0 bridgehead atoms. The van der Waals surface area contributed by atoms with Gasteiger partial charge in [0, 0.05) is 17.3 Å². The average molecular weight is 287 g/mol. The number of carbonyl (C=O) groups is 1. The number of imidazole rings is 1. The first-order valence-electron chi connectivity index (χ1n) is 7.28. The van der Waals surface area contributed by atoms with Crippen LogP contribution < -0.4 is 0 Å². The minimum atomic E-state index is 0.576.